The van der Waals surface area contributed by atoms with Crippen LogP contribution in [0.15, 0.2) is 47.4 Å². The molecule has 0 spiro atoms. The number of hydrogen-bond acceptors (Lipinski definition) is 5. The average Bonchev–Trinajstić information content (AvgIpc) is 2.66. The summed E-state index contributed by atoms with van der Waals surface area (Å²) >= 11 is 7.25. The lowest BCUT2D eigenvalue weighted by molar-refractivity contribution is -0.113. The number of benzene rings is 2. The molecule has 2 aromatic rings. The molecule has 2 aromatic carbocycles. The van der Waals surface area contributed by atoms with Crippen LogP contribution in [0.4, 0.5) is 5.69 Å². The van der Waals surface area contributed by atoms with E-state index in [0.717, 1.165) is 5.56 Å². The van der Waals surface area contributed by atoms with Crippen molar-refractivity contribution < 1.29 is 18.3 Å². The molecule has 9 heteroatoms. The maximum absolute atomic E-state index is 12.6. The molecule has 0 saturated carbocycles. The minimum atomic E-state index is -3.68. The van der Waals surface area contributed by atoms with E-state index in [2.05, 4.69) is 5.32 Å². The van der Waals surface area contributed by atoms with E-state index in [4.69, 9.17) is 11.6 Å². The number of phenols is 1. The molecule has 2 N–H and O–H groups in total. The van der Waals surface area contributed by atoms with Crippen molar-refractivity contribution in [1.82, 2.24) is 4.31 Å². The summed E-state index contributed by atoms with van der Waals surface area (Å²) in [5.41, 5.74) is 1.11. The Labute approximate surface area is 174 Å². The second kappa shape index (κ2) is 10.2. The van der Waals surface area contributed by atoms with E-state index < -0.39 is 10.0 Å². The number of carbonyl (C=O) groups excluding carboxylic acids is 1. The molecule has 28 heavy (non-hydrogen) atoms. The first-order valence-corrected chi connectivity index (χ1v) is 11.7. The Morgan fingerprint density at radius 1 is 1.14 bits per heavy atom. The van der Waals surface area contributed by atoms with Crippen molar-refractivity contribution in [3.05, 3.63) is 53.1 Å². The Morgan fingerprint density at radius 2 is 1.79 bits per heavy atom. The van der Waals surface area contributed by atoms with Gasteiger partial charge in [0.25, 0.3) is 0 Å². The minimum Gasteiger partial charge on any atom is -0.506 e. The van der Waals surface area contributed by atoms with E-state index in [-0.39, 0.29) is 28.0 Å². The van der Waals surface area contributed by atoms with Crippen molar-refractivity contribution in [2.75, 3.05) is 24.2 Å². The first kappa shape index (κ1) is 22.5. The molecule has 0 aliphatic carbocycles. The standard InChI is InChI=1S/C19H23ClN2O4S2/c1-3-22(4-2)28(25,26)16-9-10-18(23)17(11-16)21-19(24)13-27-12-14-5-7-15(20)8-6-14/h5-11,23H,3-4,12-13H2,1-2H3,(H,21,24). The lowest BCUT2D eigenvalue weighted by Crippen LogP contribution is -2.30. The molecule has 0 bridgehead atoms. The molecule has 6 nitrogen and oxygen atoms in total. The summed E-state index contributed by atoms with van der Waals surface area (Å²) in [5, 5.41) is 13.2. The fourth-order valence-corrected chi connectivity index (χ4v) is 4.92. The van der Waals surface area contributed by atoms with Crippen LogP contribution in [0.5, 0.6) is 5.75 Å². The van der Waals surface area contributed by atoms with Crippen LogP contribution in [0.3, 0.4) is 0 Å². The third-order valence-corrected chi connectivity index (χ3v) is 7.30. The molecule has 0 saturated heterocycles. The zero-order valence-electron chi connectivity index (χ0n) is 15.7. The van der Waals surface area contributed by atoms with Gasteiger partial charge in [0, 0.05) is 23.9 Å². The average molecular weight is 443 g/mol. The van der Waals surface area contributed by atoms with E-state index in [9.17, 15) is 18.3 Å². The van der Waals surface area contributed by atoms with Crippen LogP contribution in [-0.4, -0.2) is 42.6 Å². The number of anilines is 1. The zero-order chi connectivity index (χ0) is 20.7. The first-order chi connectivity index (χ1) is 13.3. The quantitative estimate of drug-likeness (QED) is 0.574. The van der Waals surface area contributed by atoms with Gasteiger partial charge in [-0.05, 0) is 35.9 Å². The van der Waals surface area contributed by atoms with Crippen LogP contribution in [0.2, 0.25) is 5.02 Å². The van der Waals surface area contributed by atoms with E-state index in [1.165, 1.54) is 34.3 Å². The maximum atomic E-state index is 12.6. The number of phenolic OH excluding ortho intramolecular Hbond substituents is 1. The van der Waals surface area contributed by atoms with Gasteiger partial charge in [-0.1, -0.05) is 37.6 Å². The summed E-state index contributed by atoms with van der Waals surface area (Å²) in [7, 11) is -3.68. The number of aromatic hydroxyl groups is 1. The molecular weight excluding hydrogens is 420 g/mol. The number of nitrogens with one attached hydrogen (secondary N) is 1. The van der Waals surface area contributed by atoms with Crippen molar-refractivity contribution >= 4 is 45.0 Å². The van der Waals surface area contributed by atoms with E-state index in [0.29, 0.717) is 23.9 Å². The largest absolute Gasteiger partial charge is 0.506 e. The van der Waals surface area contributed by atoms with Crippen LogP contribution in [0.1, 0.15) is 19.4 Å². The predicted octanol–water partition coefficient (Wildman–Crippen LogP) is 3.95. The topological polar surface area (TPSA) is 86.7 Å². The monoisotopic (exact) mass is 442 g/mol. The predicted molar refractivity (Wildman–Crippen MR) is 114 cm³/mol. The van der Waals surface area contributed by atoms with Crippen LogP contribution < -0.4 is 5.32 Å². The van der Waals surface area contributed by atoms with E-state index in [1.807, 2.05) is 12.1 Å². The minimum absolute atomic E-state index is 0.0260. The van der Waals surface area contributed by atoms with Gasteiger partial charge in [0.05, 0.1) is 16.3 Å². The van der Waals surface area contributed by atoms with Crippen molar-refractivity contribution in [3.63, 3.8) is 0 Å². The van der Waals surface area contributed by atoms with Gasteiger partial charge in [-0.15, -0.1) is 11.8 Å². The molecule has 0 aliphatic rings. The third-order valence-electron chi connectivity index (χ3n) is 4.00. The Hall–Kier alpha value is -1.74. The van der Waals surface area contributed by atoms with Crippen LogP contribution in [0, 0.1) is 0 Å². The number of carbonyl (C=O) groups is 1. The Balaban J connectivity index is 2.02. The van der Waals surface area contributed by atoms with Gasteiger partial charge in [0.15, 0.2) is 0 Å². The molecule has 0 heterocycles. The number of hydrogen-bond donors (Lipinski definition) is 2. The molecule has 0 radical (unpaired) electrons. The summed E-state index contributed by atoms with van der Waals surface area (Å²) in [6.45, 7) is 4.18. The number of sulfonamides is 1. The van der Waals surface area contributed by atoms with Gasteiger partial charge in [-0.3, -0.25) is 4.79 Å². The van der Waals surface area contributed by atoms with Gasteiger partial charge in [-0.2, -0.15) is 4.31 Å². The lowest BCUT2D eigenvalue weighted by Gasteiger charge is -2.19. The summed E-state index contributed by atoms with van der Waals surface area (Å²) in [5.74, 6) is 0.281. The van der Waals surface area contributed by atoms with Crippen molar-refractivity contribution in [2.24, 2.45) is 0 Å². The lowest BCUT2D eigenvalue weighted by atomic mass is 10.2. The molecule has 1 amide bonds. The zero-order valence-corrected chi connectivity index (χ0v) is 18.1. The van der Waals surface area contributed by atoms with Gasteiger partial charge >= 0.3 is 0 Å². The second-order valence-corrected chi connectivity index (χ2v) is 9.30. The SMILES string of the molecule is CCN(CC)S(=O)(=O)c1ccc(O)c(NC(=O)CSCc2ccc(Cl)cc2)c1. The van der Waals surface area contributed by atoms with Gasteiger partial charge in [0.1, 0.15) is 5.75 Å². The third kappa shape index (κ3) is 5.88. The molecule has 2 rings (SSSR count). The fraction of sp³-hybridized carbons (Fsp3) is 0.316. The van der Waals surface area contributed by atoms with Crippen LogP contribution >= 0.6 is 23.4 Å². The molecular formula is C19H23ClN2O4S2. The van der Waals surface area contributed by atoms with Gasteiger partial charge < -0.3 is 10.4 Å². The molecule has 0 aromatic heterocycles. The highest BCUT2D eigenvalue weighted by atomic mass is 35.5. The Kier molecular flexibility index (Phi) is 8.18. The smallest absolute Gasteiger partial charge is 0.243 e. The fourth-order valence-electron chi connectivity index (χ4n) is 2.52. The van der Waals surface area contributed by atoms with Crippen LogP contribution in [-0.2, 0) is 20.6 Å². The van der Waals surface area contributed by atoms with E-state index in [1.54, 1.807) is 26.0 Å². The molecule has 0 aliphatic heterocycles. The van der Waals surface area contributed by atoms with Crippen molar-refractivity contribution in [1.29, 1.82) is 0 Å². The summed E-state index contributed by atoms with van der Waals surface area (Å²) in [6, 6.07) is 11.2. The highest BCUT2D eigenvalue weighted by molar-refractivity contribution is 7.99. The van der Waals surface area contributed by atoms with E-state index >= 15 is 0 Å². The number of amides is 1. The van der Waals surface area contributed by atoms with Crippen molar-refractivity contribution in [2.45, 2.75) is 24.5 Å². The molecule has 0 unspecified atom stereocenters. The first-order valence-electron chi connectivity index (χ1n) is 8.73. The highest BCUT2D eigenvalue weighted by Crippen LogP contribution is 2.28. The number of rotatable bonds is 9. The number of thioether (sulfide) groups is 1. The molecule has 0 atom stereocenters. The highest BCUT2D eigenvalue weighted by Gasteiger charge is 2.23. The van der Waals surface area contributed by atoms with Gasteiger partial charge in [-0.25, -0.2) is 8.42 Å². The number of halogens is 1. The molecule has 0 fully saturated rings. The molecule has 152 valence electrons. The Morgan fingerprint density at radius 3 is 2.39 bits per heavy atom. The van der Waals surface area contributed by atoms with Gasteiger partial charge in [0.2, 0.25) is 15.9 Å². The van der Waals surface area contributed by atoms with Crippen LogP contribution in [0.25, 0.3) is 0 Å². The van der Waals surface area contributed by atoms with Crippen molar-refractivity contribution in [3.8, 4) is 5.75 Å². The maximum Gasteiger partial charge on any atom is 0.243 e. The summed E-state index contributed by atoms with van der Waals surface area (Å²) in [6.07, 6.45) is 0. The summed E-state index contributed by atoms with van der Waals surface area (Å²) < 4.78 is 26.5. The second-order valence-electron chi connectivity index (χ2n) is 5.94. The number of nitrogens with zero attached hydrogens (tertiary/aromatic N) is 1. The Bertz CT molecular complexity index is 914. The normalized spacial score (nSPS) is 11.6. The summed E-state index contributed by atoms with van der Waals surface area (Å²) in [4.78, 5) is 12.2.